The summed E-state index contributed by atoms with van der Waals surface area (Å²) in [6, 6.07) is 19.6. The summed E-state index contributed by atoms with van der Waals surface area (Å²) in [4.78, 5) is 15.5. The summed E-state index contributed by atoms with van der Waals surface area (Å²) < 4.78 is 13.8. The minimum absolute atomic E-state index is 0. The fourth-order valence-electron chi connectivity index (χ4n) is 4.97. The number of hydrogen-bond acceptors (Lipinski definition) is 3. The van der Waals surface area contributed by atoms with Gasteiger partial charge in [0.25, 0.3) is 5.91 Å². The van der Waals surface area contributed by atoms with E-state index in [-0.39, 0.29) is 29.9 Å². The molecule has 224 valence electrons. The fraction of sp³-hybridized carbons (Fsp3) is 0.486. The van der Waals surface area contributed by atoms with Gasteiger partial charge in [0.1, 0.15) is 12.1 Å². The lowest BCUT2D eigenvalue weighted by Gasteiger charge is -2.23. The molecule has 0 spiro atoms. The van der Waals surface area contributed by atoms with Gasteiger partial charge in [-0.05, 0) is 42.3 Å². The minimum atomic E-state index is -0.0306. The molecular weight excluding hydrogens is 623 g/mol. The highest BCUT2D eigenvalue weighted by molar-refractivity contribution is 6.05. The molecule has 0 aliphatic heterocycles. The Balaban J connectivity index is 0.00000588. The van der Waals surface area contributed by atoms with E-state index in [0.717, 1.165) is 36.4 Å². The van der Waals surface area contributed by atoms with Gasteiger partial charge in [0, 0.05) is 18.2 Å². The molecule has 0 fully saturated rings. The molecule has 1 heterocycles. The van der Waals surface area contributed by atoms with Gasteiger partial charge in [-0.15, -0.1) is 0 Å². The first-order valence-corrected chi connectivity index (χ1v) is 15.3. The summed E-state index contributed by atoms with van der Waals surface area (Å²) in [5, 5.41) is 0. The smallest absolute Gasteiger partial charge is 0.264 e. The number of carbonyl (C=O) groups excluding carboxylic acids is 1. The highest BCUT2D eigenvalue weighted by Gasteiger charge is 2.21. The number of hydrogen-bond donors (Lipinski definition) is 0. The Bertz CT molecular complexity index is 1140. The van der Waals surface area contributed by atoms with E-state index in [4.69, 9.17) is 9.47 Å². The number of aromatic nitrogens is 1. The molecular formula is C35H49IN2O3. The number of rotatable bonds is 19. The number of aryl methyl sites for hydroxylation is 1. The fourth-order valence-corrected chi connectivity index (χ4v) is 4.97. The summed E-state index contributed by atoms with van der Waals surface area (Å²) in [7, 11) is 1.67. The SMILES string of the molecule is CCCCCCCCCCCCOc1ccc(CN(C(=O)c2ccc[n+](CCC)c2)c2ccccc2)cc1OC.[I-]. The van der Waals surface area contributed by atoms with Crippen LogP contribution in [0.15, 0.2) is 73.1 Å². The molecule has 0 radical (unpaired) electrons. The van der Waals surface area contributed by atoms with Crippen molar-refractivity contribution < 1.29 is 42.8 Å². The second kappa shape index (κ2) is 20.3. The number of anilines is 1. The van der Waals surface area contributed by atoms with Crippen LogP contribution in [0.4, 0.5) is 5.69 Å². The first kappa shape index (κ1) is 34.6. The molecule has 6 heteroatoms. The van der Waals surface area contributed by atoms with Crippen LogP contribution in [-0.4, -0.2) is 19.6 Å². The van der Waals surface area contributed by atoms with Crippen molar-refractivity contribution >= 4 is 11.6 Å². The lowest BCUT2D eigenvalue weighted by atomic mass is 10.1. The van der Waals surface area contributed by atoms with Gasteiger partial charge in [-0.2, -0.15) is 0 Å². The van der Waals surface area contributed by atoms with Crippen LogP contribution in [0.3, 0.4) is 0 Å². The van der Waals surface area contributed by atoms with Gasteiger partial charge in [0.05, 0.1) is 20.3 Å². The van der Waals surface area contributed by atoms with Crippen LogP contribution in [0.1, 0.15) is 100 Å². The number of halogens is 1. The van der Waals surface area contributed by atoms with Gasteiger partial charge >= 0.3 is 0 Å². The van der Waals surface area contributed by atoms with Crippen molar-refractivity contribution in [1.29, 1.82) is 0 Å². The molecule has 0 saturated carbocycles. The third kappa shape index (κ3) is 12.0. The normalized spacial score (nSPS) is 10.6. The number of unbranched alkanes of at least 4 members (excludes halogenated alkanes) is 9. The van der Waals surface area contributed by atoms with Crippen molar-refractivity contribution in [2.75, 3.05) is 18.6 Å². The monoisotopic (exact) mass is 672 g/mol. The van der Waals surface area contributed by atoms with E-state index in [1.54, 1.807) is 7.11 Å². The maximum atomic E-state index is 13.7. The maximum absolute atomic E-state index is 13.7. The Morgan fingerprint density at radius 1 is 0.780 bits per heavy atom. The molecule has 3 rings (SSSR count). The minimum Gasteiger partial charge on any atom is -1.00 e. The van der Waals surface area contributed by atoms with Gasteiger partial charge in [-0.25, -0.2) is 4.57 Å². The third-order valence-corrected chi connectivity index (χ3v) is 7.22. The quantitative estimate of drug-likeness (QED) is 0.0955. The standard InChI is InChI=1S/C35H49N2O3.HI/c1-4-6-7-8-9-10-11-12-13-17-26-40-33-23-22-30(27-34(33)39-3)28-37(32-20-15-14-16-21-32)35(38)31-19-18-25-36(29-31)24-5-2;/h14-16,18-23,25,27,29H,4-13,17,24,26,28H2,1-3H3;1H/q+1;/p-1. The lowest BCUT2D eigenvalue weighted by molar-refractivity contribution is -0.697. The van der Waals surface area contributed by atoms with E-state index in [1.165, 1.54) is 57.8 Å². The van der Waals surface area contributed by atoms with Crippen molar-refractivity contribution in [1.82, 2.24) is 0 Å². The number of nitrogens with zero attached hydrogens (tertiary/aromatic N) is 2. The second-order valence-corrected chi connectivity index (χ2v) is 10.6. The summed E-state index contributed by atoms with van der Waals surface area (Å²) in [6.45, 7) is 6.40. The van der Waals surface area contributed by atoms with E-state index < -0.39 is 0 Å². The predicted octanol–water partition coefficient (Wildman–Crippen LogP) is 5.54. The Kier molecular flexibility index (Phi) is 17.1. The van der Waals surface area contributed by atoms with Crippen molar-refractivity contribution in [3.8, 4) is 11.5 Å². The van der Waals surface area contributed by atoms with E-state index in [1.807, 2.05) is 78.0 Å². The average molecular weight is 673 g/mol. The molecule has 0 unspecified atom stereocenters. The largest absolute Gasteiger partial charge is 1.00 e. The topological polar surface area (TPSA) is 42.7 Å². The number of benzene rings is 2. The Morgan fingerprint density at radius 3 is 2.12 bits per heavy atom. The molecule has 0 saturated heterocycles. The van der Waals surface area contributed by atoms with Crippen molar-refractivity contribution in [3.63, 3.8) is 0 Å². The van der Waals surface area contributed by atoms with E-state index in [2.05, 4.69) is 18.4 Å². The van der Waals surface area contributed by atoms with Gasteiger partial charge < -0.3 is 38.4 Å². The second-order valence-electron chi connectivity index (χ2n) is 10.6. The van der Waals surface area contributed by atoms with Gasteiger partial charge in [0.15, 0.2) is 23.9 Å². The number of methoxy groups -OCH3 is 1. The average Bonchev–Trinajstić information content (AvgIpc) is 2.99. The molecule has 0 bridgehead atoms. The Labute approximate surface area is 265 Å². The zero-order valence-electron chi connectivity index (χ0n) is 25.3. The van der Waals surface area contributed by atoms with Crippen molar-refractivity contribution in [3.05, 3.63) is 84.2 Å². The number of carbonyl (C=O) groups is 1. The van der Waals surface area contributed by atoms with Crippen LogP contribution in [0.25, 0.3) is 0 Å². The van der Waals surface area contributed by atoms with Crippen LogP contribution in [0.5, 0.6) is 11.5 Å². The van der Waals surface area contributed by atoms with E-state index >= 15 is 0 Å². The summed E-state index contributed by atoms with van der Waals surface area (Å²) >= 11 is 0. The van der Waals surface area contributed by atoms with Gasteiger partial charge in [-0.1, -0.05) is 95.9 Å². The first-order chi connectivity index (χ1) is 19.7. The van der Waals surface area contributed by atoms with Crippen molar-refractivity contribution in [2.45, 2.75) is 97.6 Å². The lowest BCUT2D eigenvalue weighted by Crippen LogP contribution is -3.00. The number of amides is 1. The Morgan fingerprint density at radius 2 is 1.46 bits per heavy atom. The van der Waals surface area contributed by atoms with Crippen LogP contribution in [0, 0.1) is 0 Å². The zero-order chi connectivity index (χ0) is 28.4. The predicted molar refractivity (Wildman–Crippen MR) is 164 cm³/mol. The molecule has 3 aromatic rings. The number of ether oxygens (including phenoxy) is 2. The number of pyridine rings is 1. The van der Waals surface area contributed by atoms with Crippen LogP contribution in [0.2, 0.25) is 0 Å². The molecule has 5 nitrogen and oxygen atoms in total. The molecule has 41 heavy (non-hydrogen) atoms. The van der Waals surface area contributed by atoms with Crippen LogP contribution < -0.4 is 42.9 Å². The van der Waals surface area contributed by atoms with Crippen LogP contribution >= 0.6 is 0 Å². The maximum Gasteiger partial charge on any atom is 0.264 e. The molecule has 2 aromatic carbocycles. The van der Waals surface area contributed by atoms with Gasteiger partial charge in [0.2, 0.25) is 0 Å². The van der Waals surface area contributed by atoms with Crippen molar-refractivity contribution in [2.24, 2.45) is 0 Å². The molecule has 0 aliphatic carbocycles. The van der Waals surface area contributed by atoms with Gasteiger partial charge in [-0.3, -0.25) is 4.79 Å². The molecule has 0 aliphatic rings. The van der Waals surface area contributed by atoms with E-state index in [0.29, 0.717) is 24.5 Å². The van der Waals surface area contributed by atoms with Crippen LogP contribution in [-0.2, 0) is 13.1 Å². The molecule has 1 amide bonds. The highest BCUT2D eigenvalue weighted by Crippen LogP contribution is 2.30. The molecule has 0 N–H and O–H groups in total. The molecule has 1 aromatic heterocycles. The molecule has 0 atom stereocenters. The summed E-state index contributed by atoms with van der Waals surface area (Å²) in [5.74, 6) is 1.42. The summed E-state index contributed by atoms with van der Waals surface area (Å²) in [6.07, 6.45) is 18.0. The number of para-hydroxylation sites is 1. The third-order valence-electron chi connectivity index (χ3n) is 7.22. The summed E-state index contributed by atoms with van der Waals surface area (Å²) in [5.41, 5.74) is 2.51. The zero-order valence-corrected chi connectivity index (χ0v) is 27.5. The first-order valence-electron chi connectivity index (χ1n) is 15.3. The highest BCUT2D eigenvalue weighted by atomic mass is 127. The Hall–Kier alpha value is -2.61. The van der Waals surface area contributed by atoms with E-state index in [9.17, 15) is 4.79 Å².